The first-order valence-corrected chi connectivity index (χ1v) is 14.9. The van der Waals surface area contributed by atoms with Crippen LogP contribution in [0.3, 0.4) is 0 Å². The molecule has 0 saturated carbocycles. The van der Waals surface area contributed by atoms with E-state index >= 15 is 0 Å². The molecule has 0 spiro atoms. The topological polar surface area (TPSA) is 114 Å². The van der Waals surface area contributed by atoms with Crippen LogP contribution in [0.2, 0.25) is 0 Å². The van der Waals surface area contributed by atoms with Gasteiger partial charge in [0, 0.05) is 30.2 Å². The fourth-order valence-electron chi connectivity index (χ4n) is 4.76. The maximum Gasteiger partial charge on any atom is 0.251 e. The molecule has 2 atom stereocenters. The van der Waals surface area contributed by atoms with Gasteiger partial charge in [-0.05, 0) is 76.2 Å². The lowest BCUT2D eigenvalue weighted by Crippen LogP contribution is -2.45. The molecule has 1 aliphatic rings. The number of ether oxygens (including phenoxy) is 1. The van der Waals surface area contributed by atoms with Gasteiger partial charge in [-0.3, -0.25) is 9.78 Å². The number of nitrogens with zero attached hydrogens (tertiary/aromatic N) is 4. The Hall–Kier alpha value is -3.89. The van der Waals surface area contributed by atoms with Crippen LogP contribution in [0.5, 0.6) is 0 Å². The summed E-state index contributed by atoms with van der Waals surface area (Å²) in [4.78, 5) is 29.4. The van der Waals surface area contributed by atoms with E-state index in [9.17, 15) is 13.2 Å². The maximum absolute atomic E-state index is 12.8. The summed E-state index contributed by atoms with van der Waals surface area (Å²) in [6, 6.07) is 17.8. The van der Waals surface area contributed by atoms with Crippen LogP contribution in [0.1, 0.15) is 43.7 Å². The summed E-state index contributed by atoms with van der Waals surface area (Å²) < 4.78 is 30.9. The van der Waals surface area contributed by atoms with E-state index in [2.05, 4.69) is 29.0 Å². The van der Waals surface area contributed by atoms with Crippen molar-refractivity contribution in [3.8, 4) is 11.4 Å². The molecule has 0 unspecified atom stereocenters. The number of anilines is 1. The number of fused-ring (bicyclic) bond motifs is 1. The minimum absolute atomic E-state index is 0.131. The Balaban J connectivity index is 1.33. The average molecular weight is 560 g/mol. The van der Waals surface area contributed by atoms with Crippen LogP contribution < -0.4 is 10.2 Å². The fourth-order valence-corrected chi connectivity index (χ4v) is 5.87. The summed E-state index contributed by atoms with van der Waals surface area (Å²) >= 11 is 0. The number of hydrogen-bond acceptors (Lipinski definition) is 8. The van der Waals surface area contributed by atoms with Crippen molar-refractivity contribution < 1.29 is 17.9 Å². The molecule has 4 heterocycles. The van der Waals surface area contributed by atoms with Crippen LogP contribution in [0.25, 0.3) is 22.3 Å². The smallest absolute Gasteiger partial charge is 0.251 e. The number of hydrogen-bond donors (Lipinski definition) is 1. The molecule has 1 fully saturated rings. The van der Waals surface area contributed by atoms with Crippen LogP contribution in [0, 0.1) is 0 Å². The third-order valence-corrected chi connectivity index (χ3v) is 9.00. The second-order valence-electron chi connectivity index (χ2n) is 10.4. The third-order valence-electron chi connectivity index (χ3n) is 6.85. The van der Waals surface area contributed by atoms with Gasteiger partial charge < -0.3 is 15.0 Å². The summed E-state index contributed by atoms with van der Waals surface area (Å²) in [5.74, 6) is 0.516. The molecule has 1 N–H and O–H groups in total. The fraction of sp³-hybridized carbons (Fsp3) is 0.333. The molecule has 1 aromatic carbocycles. The molecule has 3 aromatic heterocycles. The molecule has 4 aromatic rings. The Morgan fingerprint density at radius 3 is 2.48 bits per heavy atom. The first-order chi connectivity index (χ1) is 19.1. The lowest BCUT2D eigenvalue weighted by atomic mass is 10.1. The zero-order valence-corrected chi connectivity index (χ0v) is 23.9. The van der Waals surface area contributed by atoms with Gasteiger partial charge in [0.15, 0.2) is 9.84 Å². The molecule has 0 bridgehead atoms. The number of aromatic nitrogens is 3. The van der Waals surface area contributed by atoms with Crippen LogP contribution in [0.4, 0.5) is 5.82 Å². The predicted octanol–water partition coefficient (Wildman–Crippen LogP) is 4.42. The molecule has 5 rings (SSSR count). The highest BCUT2D eigenvalue weighted by atomic mass is 32.2. The van der Waals surface area contributed by atoms with E-state index in [1.54, 1.807) is 32.2 Å². The van der Waals surface area contributed by atoms with Crippen molar-refractivity contribution in [1.29, 1.82) is 0 Å². The molecule has 10 heteroatoms. The van der Waals surface area contributed by atoms with Crippen LogP contribution >= 0.6 is 0 Å². The summed E-state index contributed by atoms with van der Waals surface area (Å²) in [6.45, 7) is 9.10. The largest absolute Gasteiger partial charge is 0.372 e. The molecule has 0 aliphatic carbocycles. The van der Waals surface area contributed by atoms with Gasteiger partial charge in [-0.1, -0.05) is 12.1 Å². The number of nitrogens with one attached hydrogen (secondary N) is 1. The van der Waals surface area contributed by atoms with Gasteiger partial charge in [0.05, 0.1) is 51.5 Å². The number of carbonyl (C=O) groups excluding carboxylic acids is 1. The monoisotopic (exact) mass is 559 g/mol. The summed E-state index contributed by atoms with van der Waals surface area (Å²) in [7, 11) is -3.48. The van der Waals surface area contributed by atoms with Crippen molar-refractivity contribution in [2.45, 2.75) is 56.6 Å². The third kappa shape index (κ3) is 5.97. The molecule has 208 valence electrons. The summed E-state index contributed by atoms with van der Waals surface area (Å²) in [6.07, 6.45) is 2.00. The Bertz CT molecular complexity index is 1650. The number of pyridine rings is 3. The Kier molecular flexibility index (Phi) is 7.82. The van der Waals surface area contributed by atoms with Gasteiger partial charge in [0.2, 0.25) is 0 Å². The number of benzene rings is 1. The van der Waals surface area contributed by atoms with Gasteiger partial charge in [-0.25, -0.2) is 18.4 Å². The molecular weight excluding hydrogens is 526 g/mol. The minimum atomic E-state index is -3.48. The highest BCUT2D eigenvalue weighted by Crippen LogP contribution is 2.24. The quantitative estimate of drug-likeness (QED) is 0.354. The van der Waals surface area contributed by atoms with E-state index in [0.717, 1.165) is 41.2 Å². The SMILES string of the molecule is CC(C)S(=O)(=O)c1cccc(C(=O)NCc2cc3nc(-c4cccc(N5C[C@@H](C)O[C@@H](C)C5)n4)ccc3cn2)c1. The second-order valence-corrected chi connectivity index (χ2v) is 12.9. The molecule has 40 heavy (non-hydrogen) atoms. The van der Waals surface area contributed by atoms with Gasteiger partial charge >= 0.3 is 0 Å². The van der Waals surface area contributed by atoms with E-state index in [4.69, 9.17) is 14.7 Å². The van der Waals surface area contributed by atoms with Crippen molar-refractivity contribution in [2.75, 3.05) is 18.0 Å². The molecule has 9 nitrogen and oxygen atoms in total. The maximum atomic E-state index is 12.8. The summed E-state index contributed by atoms with van der Waals surface area (Å²) in [5, 5.41) is 3.13. The number of sulfone groups is 1. The lowest BCUT2D eigenvalue weighted by molar-refractivity contribution is -0.00545. The van der Waals surface area contributed by atoms with E-state index in [0.29, 0.717) is 5.69 Å². The Morgan fingerprint density at radius 2 is 1.73 bits per heavy atom. The number of morpholine rings is 1. The highest BCUT2D eigenvalue weighted by Gasteiger charge is 2.23. The lowest BCUT2D eigenvalue weighted by Gasteiger charge is -2.36. The zero-order valence-electron chi connectivity index (χ0n) is 23.0. The van der Waals surface area contributed by atoms with E-state index < -0.39 is 15.1 Å². The zero-order chi connectivity index (χ0) is 28.4. The predicted molar refractivity (Wildman–Crippen MR) is 155 cm³/mol. The molecular formula is C30H33N5O4S. The van der Waals surface area contributed by atoms with Gasteiger partial charge in [-0.2, -0.15) is 0 Å². The average Bonchev–Trinajstić information content (AvgIpc) is 2.95. The minimum Gasteiger partial charge on any atom is -0.372 e. The van der Waals surface area contributed by atoms with E-state index in [-0.39, 0.29) is 35.1 Å². The number of amides is 1. The van der Waals surface area contributed by atoms with Crippen molar-refractivity contribution >= 4 is 32.5 Å². The van der Waals surface area contributed by atoms with Crippen molar-refractivity contribution in [3.63, 3.8) is 0 Å². The normalized spacial score (nSPS) is 17.8. The van der Waals surface area contributed by atoms with Crippen molar-refractivity contribution in [2.24, 2.45) is 0 Å². The highest BCUT2D eigenvalue weighted by molar-refractivity contribution is 7.92. The molecule has 1 aliphatic heterocycles. The molecule has 0 radical (unpaired) electrons. The Labute approximate surface area is 234 Å². The number of carbonyl (C=O) groups is 1. The Morgan fingerprint density at radius 1 is 1.00 bits per heavy atom. The van der Waals surface area contributed by atoms with Gasteiger partial charge in [0.1, 0.15) is 5.82 Å². The number of rotatable bonds is 7. The second kappa shape index (κ2) is 11.3. The first kappa shape index (κ1) is 27.7. The van der Waals surface area contributed by atoms with Crippen molar-refractivity contribution in [3.05, 3.63) is 78.1 Å². The van der Waals surface area contributed by atoms with Crippen molar-refractivity contribution in [1.82, 2.24) is 20.3 Å². The van der Waals surface area contributed by atoms with Gasteiger partial charge in [-0.15, -0.1) is 0 Å². The first-order valence-electron chi connectivity index (χ1n) is 13.4. The summed E-state index contributed by atoms with van der Waals surface area (Å²) in [5.41, 5.74) is 3.16. The molecule has 1 amide bonds. The standard InChI is InChI=1S/C30H33N5O4S/c1-19(2)40(37,38)25-8-5-7-22(13-25)30(36)32-16-24-14-28-23(15-31-24)11-12-27(33-28)26-9-6-10-29(34-26)35-17-20(3)39-21(4)18-35/h5-15,19-21H,16-18H2,1-4H3,(H,32,36)/t20-,21+. The van der Waals surface area contributed by atoms with Gasteiger partial charge in [0.25, 0.3) is 5.91 Å². The van der Waals surface area contributed by atoms with E-state index in [1.807, 2.05) is 36.4 Å². The van der Waals surface area contributed by atoms with Crippen LogP contribution in [-0.4, -0.2) is 59.8 Å². The van der Waals surface area contributed by atoms with Crippen LogP contribution in [0.15, 0.2) is 71.8 Å². The van der Waals surface area contributed by atoms with Crippen LogP contribution in [-0.2, 0) is 21.1 Å². The molecule has 1 saturated heterocycles. The van der Waals surface area contributed by atoms with E-state index in [1.165, 1.54) is 12.1 Å².